The molecule has 0 saturated carbocycles. The molecule has 6 rings (SSSR count). The first kappa shape index (κ1) is 25.5. The highest BCUT2D eigenvalue weighted by Gasteiger charge is 2.45. The number of fused-ring (bicyclic) bond motifs is 7. The third-order valence-electron chi connectivity index (χ3n) is 8.07. The van der Waals surface area contributed by atoms with Gasteiger partial charge in [-0.15, -0.1) is 6.58 Å². The van der Waals surface area contributed by atoms with Crippen molar-refractivity contribution in [2.75, 3.05) is 7.11 Å². The van der Waals surface area contributed by atoms with Crippen LogP contribution in [0.5, 0.6) is 0 Å². The molecule has 5 aromatic carbocycles. The molecule has 0 N–H and O–H groups in total. The zero-order valence-corrected chi connectivity index (χ0v) is 23.6. The minimum atomic E-state index is -0.916. The molecule has 4 heteroatoms. The van der Waals surface area contributed by atoms with Crippen molar-refractivity contribution in [1.29, 1.82) is 0 Å². The predicted molar refractivity (Wildman–Crippen MR) is 164 cm³/mol. The van der Waals surface area contributed by atoms with Gasteiger partial charge < -0.3 is 4.74 Å². The molecule has 0 unspecified atom stereocenters. The highest BCUT2D eigenvalue weighted by atomic mass is 79.9. The fourth-order valence-corrected chi connectivity index (χ4v) is 6.49. The summed E-state index contributed by atoms with van der Waals surface area (Å²) in [6, 6.07) is 34.2. The molecule has 1 aliphatic heterocycles. The third kappa shape index (κ3) is 4.48. The molecule has 0 amide bonds. The van der Waals surface area contributed by atoms with Crippen molar-refractivity contribution < 1.29 is 9.53 Å². The van der Waals surface area contributed by atoms with Gasteiger partial charge in [0.2, 0.25) is 0 Å². The van der Waals surface area contributed by atoms with Gasteiger partial charge >= 0.3 is 5.97 Å². The first-order valence-corrected chi connectivity index (χ1v) is 14.0. The molecule has 0 spiro atoms. The Kier molecular flexibility index (Phi) is 6.84. The molecule has 0 radical (unpaired) electrons. The summed E-state index contributed by atoms with van der Waals surface area (Å²) in [5.74, 6) is -0.239. The summed E-state index contributed by atoms with van der Waals surface area (Å²) in [5, 5.41) is 4.89. The van der Waals surface area contributed by atoms with Gasteiger partial charge in [0.05, 0.1) is 7.11 Å². The van der Waals surface area contributed by atoms with E-state index in [0.29, 0.717) is 25.9 Å². The Bertz CT molecular complexity index is 1620. The molecule has 1 aliphatic rings. The van der Waals surface area contributed by atoms with Crippen LogP contribution >= 0.6 is 15.9 Å². The molecular formula is C35H30BrNO2. The van der Waals surface area contributed by atoms with Crippen LogP contribution < -0.4 is 0 Å². The van der Waals surface area contributed by atoms with Crippen LogP contribution in [0.2, 0.25) is 0 Å². The van der Waals surface area contributed by atoms with E-state index in [1.54, 1.807) is 0 Å². The summed E-state index contributed by atoms with van der Waals surface area (Å²) >= 11 is 3.54. The van der Waals surface area contributed by atoms with Crippen LogP contribution in [0.4, 0.5) is 0 Å². The third-order valence-corrected chi connectivity index (χ3v) is 8.59. The maximum absolute atomic E-state index is 13.8. The second-order valence-corrected chi connectivity index (χ2v) is 11.2. The van der Waals surface area contributed by atoms with E-state index in [2.05, 4.69) is 112 Å². The van der Waals surface area contributed by atoms with E-state index in [-0.39, 0.29) is 5.97 Å². The Morgan fingerprint density at radius 3 is 1.90 bits per heavy atom. The summed E-state index contributed by atoms with van der Waals surface area (Å²) in [7, 11) is 1.49. The number of hydrogen-bond acceptors (Lipinski definition) is 3. The van der Waals surface area contributed by atoms with Gasteiger partial charge in [0.15, 0.2) is 0 Å². The lowest BCUT2D eigenvalue weighted by Crippen LogP contribution is -2.55. The number of halogens is 1. The average molecular weight is 577 g/mol. The van der Waals surface area contributed by atoms with Crippen LogP contribution in [0.25, 0.3) is 32.7 Å². The number of esters is 1. The Morgan fingerprint density at radius 2 is 1.38 bits per heavy atom. The van der Waals surface area contributed by atoms with Crippen LogP contribution in [0.3, 0.4) is 0 Å². The predicted octanol–water partition coefficient (Wildman–Crippen LogP) is 8.47. The summed E-state index contributed by atoms with van der Waals surface area (Å²) in [5.41, 5.74) is 5.08. The number of benzene rings is 5. The number of nitrogens with zero attached hydrogens (tertiary/aromatic N) is 1. The van der Waals surface area contributed by atoms with Crippen molar-refractivity contribution in [3.05, 3.63) is 131 Å². The van der Waals surface area contributed by atoms with E-state index >= 15 is 0 Å². The zero-order valence-electron chi connectivity index (χ0n) is 22.0. The minimum absolute atomic E-state index is 0.239. The number of methoxy groups -OCH3 is 1. The van der Waals surface area contributed by atoms with Crippen LogP contribution in [-0.2, 0) is 29.0 Å². The molecule has 3 nitrogen and oxygen atoms in total. The molecule has 0 saturated heterocycles. The van der Waals surface area contributed by atoms with Crippen LogP contribution in [0.15, 0.2) is 114 Å². The van der Waals surface area contributed by atoms with Crippen LogP contribution in [0, 0.1) is 0 Å². The summed E-state index contributed by atoms with van der Waals surface area (Å²) in [6.07, 6.45) is 2.84. The Balaban J connectivity index is 1.62. The smallest absolute Gasteiger partial charge is 0.326 e. The second kappa shape index (κ2) is 10.4. The fraction of sp³-hybridized carbons (Fsp3) is 0.171. The maximum Gasteiger partial charge on any atom is 0.326 e. The Labute approximate surface area is 237 Å². The van der Waals surface area contributed by atoms with E-state index in [1.165, 1.54) is 50.9 Å². The first-order valence-electron chi connectivity index (χ1n) is 13.2. The molecule has 5 aromatic rings. The maximum atomic E-state index is 13.8. The lowest BCUT2D eigenvalue weighted by molar-refractivity contribution is -0.156. The van der Waals surface area contributed by atoms with E-state index in [4.69, 9.17) is 4.74 Å². The Hall–Kier alpha value is -3.73. The highest BCUT2D eigenvalue weighted by molar-refractivity contribution is 9.10. The van der Waals surface area contributed by atoms with Gasteiger partial charge in [-0.1, -0.05) is 107 Å². The van der Waals surface area contributed by atoms with Gasteiger partial charge in [-0.25, -0.2) is 0 Å². The summed E-state index contributed by atoms with van der Waals surface area (Å²) in [4.78, 5) is 16.2. The quantitative estimate of drug-likeness (QED) is 0.150. The van der Waals surface area contributed by atoms with E-state index in [9.17, 15) is 4.79 Å². The summed E-state index contributed by atoms with van der Waals surface area (Å²) < 4.78 is 6.55. The second-order valence-electron chi connectivity index (χ2n) is 10.3. The SMILES string of the molecule is C=CC[C@@](Cc1ccc(Br)cc1)(C(=O)OC)N1Cc2ccc3ccccc3c2-c2c(ccc3ccccc23)C1. The normalized spacial score (nSPS) is 14.7. The van der Waals surface area contributed by atoms with E-state index < -0.39 is 5.54 Å². The lowest BCUT2D eigenvalue weighted by Gasteiger charge is -2.41. The van der Waals surface area contributed by atoms with Gasteiger partial charge in [-0.3, -0.25) is 9.69 Å². The first-order chi connectivity index (χ1) is 19.0. The number of carbonyl (C=O) groups is 1. The molecule has 39 heavy (non-hydrogen) atoms. The number of ether oxygens (including phenoxy) is 1. The lowest BCUT2D eigenvalue weighted by atomic mass is 9.84. The highest BCUT2D eigenvalue weighted by Crippen LogP contribution is 2.44. The van der Waals surface area contributed by atoms with Crippen molar-refractivity contribution >= 4 is 43.4 Å². The van der Waals surface area contributed by atoms with Crippen molar-refractivity contribution in [3.63, 3.8) is 0 Å². The van der Waals surface area contributed by atoms with Gasteiger partial charge in [0, 0.05) is 24.0 Å². The molecule has 0 bridgehead atoms. The molecule has 1 heterocycles. The summed E-state index contributed by atoms with van der Waals surface area (Å²) in [6.45, 7) is 5.29. The van der Waals surface area contributed by atoms with Crippen LogP contribution in [0.1, 0.15) is 23.1 Å². The number of rotatable bonds is 6. The zero-order chi connectivity index (χ0) is 27.0. The largest absolute Gasteiger partial charge is 0.468 e. The van der Waals surface area contributed by atoms with Crippen molar-refractivity contribution in [2.45, 2.75) is 31.5 Å². The van der Waals surface area contributed by atoms with Gasteiger partial charge in [0.25, 0.3) is 0 Å². The topological polar surface area (TPSA) is 29.5 Å². The molecule has 0 aliphatic carbocycles. The van der Waals surface area contributed by atoms with Crippen LogP contribution in [-0.4, -0.2) is 23.5 Å². The number of hydrogen-bond donors (Lipinski definition) is 0. The molecular weight excluding hydrogens is 546 g/mol. The van der Waals surface area contributed by atoms with Crippen molar-refractivity contribution in [2.24, 2.45) is 0 Å². The van der Waals surface area contributed by atoms with Gasteiger partial charge in [-0.05, 0) is 67.9 Å². The molecule has 194 valence electrons. The monoisotopic (exact) mass is 575 g/mol. The van der Waals surface area contributed by atoms with E-state index in [0.717, 1.165) is 10.0 Å². The molecule has 0 aromatic heterocycles. The minimum Gasteiger partial charge on any atom is -0.468 e. The average Bonchev–Trinajstić information content (AvgIpc) is 3.15. The van der Waals surface area contributed by atoms with Crippen molar-refractivity contribution in [1.82, 2.24) is 4.90 Å². The van der Waals surface area contributed by atoms with Gasteiger partial charge in [0.1, 0.15) is 5.54 Å². The van der Waals surface area contributed by atoms with Crippen molar-refractivity contribution in [3.8, 4) is 11.1 Å². The fourth-order valence-electron chi connectivity index (χ4n) is 6.22. The van der Waals surface area contributed by atoms with E-state index in [1.807, 2.05) is 18.2 Å². The molecule has 0 fully saturated rings. The molecule has 1 atom stereocenters. The number of carbonyl (C=O) groups excluding carboxylic acids is 1. The standard InChI is InChI=1S/C35H30BrNO2/c1-3-20-35(34(38)39-2,21-24-12-18-29(36)19-13-24)37-22-27-16-14-25-8-4-6-10-30(25)32(27)33-28(23-37)17-15-26-9-5-7-11-31(26)33/h3-19H,1,20-23H2,2H3/t35-/m1/s1. The van der Waals surface area contributed by atoms with Gasteiger partial charge in [-0.2, -0.15) is 0 Å². The Morgan fingerprint density at radius 1 is 0.846 bits per heavy atom.